The van der Waals surface area contributed by atoms with Crippen LogP contribution >= 0.6 is 11.8 Å². The van der Waals surface area contributed by atoms with E-state index >= 15 is 0 Å². The fourth-order valence-corrected chi connectivity index (χ4v) is 2.36. The van der Waals surface area contributed by atoms with Crippen LogP contribution in [0.2, 0.25) is 0 Å². The van der Waals surface area contributed by atoms with Gasteiger partial charge in [-0.3, -0.25) is 4.79 Å². The van der Waals surface area contributed by atoms with E-state index in [9.17, 15) is 4.79 Å². The maximum Gasteiger partial charge on any atom is 0.251 e. The van der Waals surface area contributed by atoms with E-state index < -0.39 is 0 Å². The van der Waals surface area contributed by atoms with Gasteiger partial charge in [-0.05, 0) is 44.3 Å². The van der Waals surface area contributed by atoms with Crippen molar-refractivity contribution in [1.82, 2.24) is 10.6 Å². The third kappa shape index (κ3) is 5.56. The van der Waals surface area contributed by atoms with Gasteiger partial charge in [-0.25, -0.2) is 0 Å². The van der Waals surface area contributed by atoms with E-state index in [2.05, 4.69) is 24.5 Å². The molecule has 0 aromatic heterocycles. The van der Waals surface area contributed by atoms with Crippen molar-refractivity contribution in [2.45, 2.75) is 30.4 Å². The molecule has 0 unspecified atom stereocenters. The van der Waals surface area contributed by atoms with Crippen molar-refractivity contribution >= 4 is 17.7 Å². The summed E-state index contributed by atoms with van der Waals surface area (Å²) < 4.78 is 0. The Hall–Kier alpha value is -1.00. The van der Waals surface area contributed by atoms with E-state index in [4.69, 9.17) is 0 Å². The van der Waals surface area contributed by atoms with Crippen molar-refractivity contribution in [2.24, 2.45) is 0 Å². The number of nitrogens with one attached hydrogen (secondary N) is 2. The fourth-order valence-electron chi connectivity index (χ4n) is 1.53. The van der Waals surface area contributed by atoms with Gasteiger partial charge in [-0.2, -0.15) is 0 Å². The minimum absolute atomic E-state index is 0.00667. The largest absolute Gasteiger partial charge is 0.352 e. The van der Waals surface area contributed by atoms with E-state index in [1.807, 2.05) is 31.3 Å². The van der Waals surface area contributed by atoms with Crippen LogP contribution in [0.25, 0.3) is 0 Å². The second kappa shape index (κ2) is 8.16. The van der Waals surface area contributed by atoms with Crippen LogP contribution in [0.5, 0.6) is 0 Å². The number of thioether (sulfide) groups is 1. The maximum atomic E-state index is 11.8. The molecule has 0 heterocycles. The quantitative estimate of drug-likeness (QED) is 0.588. The lowest BCUT2D eigenvalue weighted by molar-refractivity contribution is 0.0953. The van der Waals surface area contributed by atoms with Gasteiger partial charge in [-0.15, -0.1) is 11.8 Å². The molecule has 1 aromatic rings. The highest BCUT2D eigenvalue weighted by atomic mass is 32.2. The van der Waals surface area contributed by atoms with E-state index in [-0.39, 0.29) is 5.91 Å². The second-order valence-corrected chi connectivity index (χ2v) is 6.05. The van der Waals surface area contributed by atoms with E-state index in [0.717, 1.165) is 18.5 Å². The molecule has 0 saturated carbocycles. The van der Waals surface area contributed by atoms with Gasteiger partial charge in [0.15, 0.2) is 0 Å². The molecule has 1 aromatic carbocycles. The lowest BCUT2D eigenvalue weighted by Crippen LogP contribution is -2.26. The van der Waals surface area contributed by atoms with Crippen LogP contribution in [0.1, 0.15) is 30.6 Å². The molecule has 0 aliphatic heterocycles. The summed E-state index contributed by atoms with van der Waals surface area (Å²) in [7, 11) is 1.91. The molecular formula is C14H22N2OS. The van der Waals surface area contributed by atoms with E-state index in [1.165, 1.54) is 4.90 Å². The summed E-state index contributed by atoms with van der Waals surface area (Å²) in [6.45, 7) is 5.95. The Labute approximate surface area is 114 Å². The van der Waals surface area contributed by atoms with Crippen molar-refractivity contribution in [3.8, 4) is 0 Å². The van der Waals surface area contributed by atoms with Crippen molar-refractivity contribution in [3.05, 3.63) is 29.8 Å². The van der Waals surface area contributed by atoms with Gasteiger partial charge in [0.05, 0.1) is 0 Å². The Bertz CT molecular complexity index is 363. The zero-order valence-electron chi connectivity index (χ0n) is 11.3. The summed E-state index contributed by atoms with van der Waals surface area (Å²) in [5.74, 6) is 0.00667. The van der Waals surface area contributed by atoms with Crippen LogP contribution in [-0.2, 0) is 0 Å². The molecule has 0 fully saturated rings. The lowest BCUT2D eigenvalue weighted by atomic mass is 10.2. The summed E-state index contributed by atoms with van der Waals surface area (Å²) in [6.07, 6.45) is 0.948. The predicted molar refractivity (Wildman–Crippen MR) is 78.3 cm³/mol. The number of rotatable bonds is 7. The monoisotopic (exact) mass is 266 g/mol. The SMILES string of the molecule is CNCCCNC(=O)c1ccc(SC(C)C)cc1. The third-order valence-electron chi connectivity index (χ3n) is 2.38. The molecule has 18 heavy (non-hydrogen) atoms. The molecule has 0 aliphatic rings. The Kier molecular flexibility index (Phi) is 6.83. The van der Waals surface area contributed by atoms with Gasteiger partial charge < -0.3 is 10.6 Å². The first-order valence-electron chi connectivity index (χ1n) is 6.33. The van der Waals surface area contributed by atoms with Crippen LogP contribution in [0.3, 0.4) is 0 Å². The van der Waals surface area contributed by atoms with E-state index in [1.54, 1.807) is 11.8 Å². The first-order chi connectivity index (χ1) is 8.63. The summed E-state index contributed by atoms with van der Waals surface area (Å²) >= 11 is 1.80. The molecule has 0 bridgehead atoms. The molecule has 4 heteroatoms. The van der Waals surface area contributed by atoms with Crippen molar-refractivity contribution in [3.63, 3.8) is 0 Å². The normalized spacial score (nSPS) is 10.7. The number of carbonyl (C=O) groups excluding carboxylic acids is 1. The number of amides is 1. The number of carbonyl (C=O) groups is 1. The highest BCUT2D eigenvalue weighted by molar-refractivity contribution is 7.99. The molecule has 0 spiro atoms. The summed E-state index contributed by atoms with van der Waals surface area (Å²) in [4.78, 5) is 13.0. The summed E-state index contributed by atoms with van der Waals surface area (Å²) in [5.41, 5.74) is 0.729. The molecule has 100 valence electrons. The minimum atomic E-state index is 0.00667. The Morgan fingerprint density at radius 1 is 1.22 bits per heavy atom. The Morgan fingerprint density at radius 3 is 2.44 bits per heavy atom. The van der Waals surface area contributed by atoms with Gasteiger partial charge in [0.1, 0.15) is 0 Å². The third-order valence-corrected chi connectivity index (χ3v) is 3.39. The van der Waals surface area contributed by atoms with Crippen molar-refractivity contribution in [2.75, 3.05) is 20.1 Å². The van der Waals surface area contributed by atoms with Gasteiger partial charge in [0.25, 0.3) is 5.91 Å². The van der Waals surface area contributed by atoms with Crippen LogP contribution in [0.15, 0.2) is 29.2 Å². The lowest BCUT2D eigenvalue weighted by Gasteiger charge is -2.07. The zero-order valence-corrected chi connectivity index (χ0v) is 12.1. The molecule has 3 nitrogen and oxygen atoms in total. The van der Waals surface area contributed by atoms with Gasteiger partial charge >= 0.3 is 0 Å². The first-order valence-corrected chi connectivity index (χ1v) is 7.21. The fraction of sp³-hybridized carbons (Fsp3) is 0.500. The first kappa shape index (κ1) is 15.1. The molecule has 0 atom stereocenters. The van der Waals surface area contributed by atoms with Crippen LogP contribution in [0.4, 0.5) is 0 Å². The molecule has 1 rings (SSSR count). The average Bonchev–Trinajstić information content (AvgIpc) is 2.34. The van der Waals surface area contributed by atoms with Crippen LogP contribution in [-0.4, -0.2) is 31.3 Å². The van der Waals surface area contributed by atoms with Gasteiger partial charge in [-0.1, -0.05) is 13.8 Å². The number of benzene rings is 1. The topological polar surface area (TPSA) is 41.1 Å². The predicted octanol–water partition coefficient (Wildman–Crippen LogP) is 2.53. The van der Waals surface area contributed by atoms with Crippen molar-refractivity contribution in [1.29, 1.82) is 0 Å². The smallest absolute Gasteiger partial charge is 0.251 e. The molecule has 0 radical (unpaired) electrons. The second-order valence-electron chi connectivity index (χ2n) is 4.40. The molecule has 2 N–H and O–H groups in total. The van der Waals surface area contributed by atoms with Crippen LogP contribution in [0, 0.1) is 0 Å². The highest BCUT2D eigenvalue weighted by Gasteiger charge is 2.05. The Morgan fingerprint density at radius 2 is 1.89 bits per heavy atom. The molecular weight excluding hydrogens is 244 g/mol. The van der Waals surface area contributed by atoms with Gasteiger partial charge in [0.2, 0.25) is 0 Å². The van der Waals surface area contributed by atoms with Crippen molar-refractivity contribution < 1.29 is 4.79 Å². The molecule has 0 aliphatic carbocycles. The van der Waals surface area contributed by atoms with E-state index in [0.29, 0.717) is 11.8 Å². The maximum absolute atomic E-state index is 11.8. The Balaban J connectivity index is 2.43. The number of hydrogen-bond donors (Lipinski definition) is 2. The number of hydrogen-bond acceptors (Lipinski definition) is 3. The summed E-state index contributed by atoms with van der Waals surface area (Å²) in [6, 6.07) is 7.79. The molecule has 1 amide bonds. The minimum Gasteiger partial charge on any atom is -0.352 e. The van der Waals surface area contributed by atoms with Gasteiger partial charge in [0, 0.05) is 22.3 Å². The zero-order chi connectivity index (χ0) is 13.4. The highest BCUT2D eigenvalue weighted by Crippen LogP contribution is 2.22. The standard InChI is InChI=1S/C14H22N2OS/c1-11(2)18-13-7-5-12(6-8-13)14(17)16-10-4-9-15-3/h5-8,11,15H,4,9-10H2,1-3H3,(H,16,17). The average molecular weight is 266 g/mol. The molecule has 0 saturated heterocycles. The summed E-state index contributed by atoms with van der Waals surface area (Å²) in [5, 5.41) is 6.52. The van der Waals surface area contributed by atoms with Crippen LogP contribution < -0.4 is 10.6 Å².